The van der Waals surface area contributed by atoms with E-state index >= 15 is 0 Å². The van der Waals surface area contributed by atoms with Crippen molar-refractivity contribution in [2.45, 2.75) is 6.54 Å². The van der Waals surface area contributed by atoms with Gasteiger partial charge in [-0.25, -0.2) is 4.79 Å². The zero-order valence-corrected chi connectivity index (χ0v) is 12.7. The Morgan fingerprint density at radius 2 is 2.00 bits per heavy atom. The van der Waals surface area contributed by atoms with Crippen LogP contribution >= 0.6 is 27.3 Å². The van der Waals surface area contributed by atoms with Crippen LogP contribution in [0.4, 0.5) is 16.2 Å². The number of benzene rings is 1. The van der Waals surface area contributed by atoms with Crippen molar-refractivity contribution >= 4 is 44.7 Å². The number of carbonyl (C=O) groups is 1. The number of halogens is 1. The van der Waals surface area contributed by atoms with E-state index in [1.165, 1.54) is 12.0 Å². The van der Waals surface area contributed by atoms with Gasteiger partial charge in [-0.3, -0.25) is 5.32 Å². The largest absolute Gasteiger partial charge is 0.453 e. The average molecular weight is 341 g/mol. The van der Waals surface area contributed by atoms with E-state index in [0.29, 0.717) is 5.69 Å². The Bertz CT molecular complexity index is 554. The standard InChI is InChI=1S/C13H13BrN2O2S/c1-18-13(17)16-11-4-2-10(3-5-11)15-7-12-6-9(14)8-19-12/h2-6,8,15H,7H2,1H3,(H,16,17). The maximum Gasteiger partial charge on any atom is 0.411 e. The Balaban J connectivity index is 1.89. The van der Waals surface area contributed by atoms with E-state index in [-0.39, 0.29) is 0 Å². The molecular weight excluding hydrogens is 328 g/mol. The summed E-state index contributed by atoms with van der Waals surface area (Å²) < 4.78 is 5.63. The van der Waals surface area contributed by atoms with E-state index < -0.39 is 6.09 Å². The number of ether oxygens (including phenoxy) is 1. The van der Waals surface area contributed by atoms with Crippen molar-refractivity contribution in [2.24, 2.45) is 0 Å². The number of hydrogen-bond acceptors (Lipinski definition) is 4. The lowest BCUT2D eigenvalue weighted by atomic mass is 10.3. The van der Waals surface area contributed by atoms with Crippen molar-refractivity contribution < 1.29 is 9.53 Å². The monoisotopic (exact) mass is 340 g/mol. The van der Waals surface area contributed by atoms with Crippen LogP contribution in [0.3, 0.4) is 0 Å². The number of carbonyl (C=O) groups excluding carboxylic acids is 1. The molecule has 1 heterocycles. The summed E-state index contributed by atoms with van der Waals surface area (Å²) >= 11 is 5.13. The molecule has 0 radical (unpaired) electrons. The first kappa shape index (κ1) is 13.9. The third-order valence-electron chi connectivity index (χ3n) is 2.41. The molecule has 4 nitrogen and oxygen atoms in total. The third kappa shape index (κ3) is 4.25. The van der Waals surface area contributed by atoms with E-state index in [2.05, 4.69) is 42.7 Å². The molecule has 19 heavy (non-hydrogen) atoms. The predicted octanol–water partition coefficient (Wildman–Crippen LogP) is 4.30. The van der Waals surface area contributed by atoms with Crippen LogP contribution < -0.4 is 10.6 Å². The highest BCUT2D eigenvalue weighted by atomic mass is 79.9. The number of rotatable bonds is 4. The molecule has 0 saturated carbocycles. The maximum atomic E-state index is 11.0. The van der Waals surface area contributed by atoms with E-state index in [4.69, 9.17) is 0 Å². The molecular formula is C13H13BrN2O2S. The highest BCUT2D eigenvalue weighted by Gasteiger charge is 2.01. The fourth-order valence-electron chi connectivity index (χ4n) is 1.48. The average Bonchev–Trinajstić information content (AvgIpc) is 2.83. The van der Waals surface area contributed by atoms with Crippen LogP contribution in [0.15, 0.2) is 40.2 Å². The molecule has 0 saturated heterocycles. The summed E-state index contributed by atoms with van der Waals surface area (Å²) in [6, 6.07) is 9.56. The summed E-state index contributed by atoms with van der Waals surface area (Å²) in [5.41, 5.74) is 1.70. The maximum absolute atomic E-state index is 11.0. The predicted molar refractivity (Wildman–Crippen MR) is 81.8 cm³/mol. The Kier molecular flexibility index (Phi) is 4.81. The molecule has 100 valence electrons. The van der Waals surface area contributed by atoms with Crippen molar-refractivity contribution in [3.05, 3.63) is 45.1 Å². The zero-order valence-electron chi connectivity index (χ0n) is 10.3. The molecule has 0 aliphatic rings. The fraction of sp³-hybridized carbons (Fsp3) is 0.154. The van der Waals surface area contributed by atoms with Gasteiger partial charge in [0.15, 0.2) is 0 Å². The minimum atomic E-state index is -0.468. The molecule has 0 aliphatic carbocycles. The first-order chi connectivity index (χ1) is 9.17. The van der Waals surface area contributed by atoms with Crippen molar-refractivity contribution in [1.29, 1.82) is 0 Å². The van der Waals surface area contributed by atoms with Crippen molar-refractivity contribution in [1.82, 2.24) is 0 Å². The molecule has 1 amide bonds. The highest BCUT2D eigenvalue weighted by Crippen LogP contribution is 2.21. The van der Waals surface area contributed by atoms with Crippen molar-refractivity contribution in [3.63, 3.8) is 0 Å². The van der Waals surface area contributed by atoms with Gasteiger partial charge >= 0.3 is 6.09 Å². The van der Waals surface area contributed by atoms with E-state index in [1.54, 1.807) is 11.3 Å². The molecule has 0 aliphatic heterocycles. The van der Waals surface area contributed by atoms with Gasteiger partial charge in [0.05, 0.1) is 7.11 Å². The first-order valence-corrected chi connectivity index (χ1v) is 7.26. The summed E-state index contributed by atoms with van der Waals surface area (Å²) in [6.07, 6.45) is -0.468. The number of thiophene rings is 1. The molecule has 6 heteroatoms. The summed E-state index contributed by atoms with van der Waals surface area (Å²) in [5.74, 6) is 0. The molecule has 0 spiro atoms. The second-order valence-corrected chi connectivity index (χ2v) is 5.69. The second kappa shape index (κ2) is 6.58. The number of nitrogens with one attached hydrogen (secondary N) is 2. The molecule has 1 aromatic carbocycles. The van der Waals surface area contributed by atoms with Crippen molar-refractivity contribution in [3.8, 4) is 0 Å². The van der Waals surface area contributed by atoms with E-state index in [0.717, 1.165) is 16.7 Å². The molecule has 0 atom stereocenters. The minimum absolute atomic E-state index is 0.468. The lowest BCUT2D eigenvalue weighted by Crippen LogP contribution is -2.10. The van der Waals surface area contributed by atoms with Crippen LogP contribution in [0.25, 0.3) is 0 Å². The summed E-state index contributed by atoms with van der Waals surface area (Å²) in [7, 11) is 1.34. The SMILES string of the molecule is COC(=O)Nc1ccc(NCc2cc(Br)cs2)cc1. The second-order valence-electron chi connectivity index (χ2n) is 3.78. The van der Waals surface area contributed by atoms with E-state index in [1.807, 2.05) is 24.3 Å². The lowest BCUT2D eigenvalue weighted by Gasteiger charge is -2.07. The van der Waals surface area contributed by atoms with Gasteiger partial charge in [0.1, 0.15) is 0 Å². The molecule has 2 aromatic rings. The summed E-state index contributed by atoms with van der Waals surface area (Å²) in [4.78, 5) is 12.3. The van der Waals surface area contributed by atoms with Crippen LogP contribution in [-0.2, 0) is 11.3 Å². The van der Waals surface area contributed by atoms with Gasteiger partial charge in [-0.05, 0) is 46.3 Å². The van der Waals surface area contributed by atoms with Gasteiger partial charge in [0.2, 0.25) is 0 Å². The summed E-state index contributed by atoms with van der Waals surface area (Å²) in [6.45, 7) is 0.778. The van der Waals surface area contributed by atoms with Gasteiger partial charge in [-0.2, -0.15) is 0 Å². The van der Waals surface area contributed by atoms with Gasteiger partial charge in [-0.1, -0.05) is 0 Å². The van der Waals surface area contributed by atoms with Crippen LogP contribution in [0, 0.1) is 0 Å². The van der Waals surface area contributed by atoms with Crippen LogP contribution in [0.2, 0.25) is 0 Å². The van der Waals surface area contributed by atoms with Gasteiger partial charge in [-0.15, -0.1) is 11.3 Å². The van der Waals surface area contributed by atoms with Gasteiger partial charge in [0.25, 0.3) is 0 Å². The normalized spacial score (nSPS) is 10.0. The quantitative estimate of drug-likeness (QED) is 0.872. The van der Waals surface area contributed by atoms with E-state index in [9.17, 15) is 4.79 Å². The molecule has 2 N–H and O–H groups in total. The molecule has 2 rings (SSSR count). The van der Waals surface area contributed by atoms with Crippen molar-refractivity contribution in [2.75, 3.05) is 17.7 Å². The van der Waals surface area contributed by atoms with Crippen LogP contribution in [0.1, 0.15) is 4.88 Å². The Labute approximate surface area is 123 Å². The number of amides is 1. The Morgan fingerprint density at radius 1 is 1.32 bits per heavy atom. The lowest BCUT2D eigenvalue weighted by molar-refractivity contribution is 0.187. The molecule has 0 bridgehead atoms. The molecule has 1 aromatic heterocycles. The molecule has 0 unspecified atom stereocenters. The highest BCUT2D eigenvalue weighted by molar-refractivity contribution is 9.10. The summed E-state index contributed by atoms with van der Waals surface area (Å²) in [5, 5.41) is 7.97. The topological polar surface area (TPSA) is 50.4 Å². The van der Waals surface area contributed by atoms with Crippen LogP contribution in [-0.4, -0.2) is 13.2 Å². The first-order valence-electron chi connectivity index (χ1n) is 5.59. The fourth-order valence-corrected chi connectivity index (χ4v) is 2.87. The van der Waals surface area contributed by atoms with Crippen LogP contribution in [0.5, 0.6) is 0 Å². The third-order valence-corrected chi connectivity index (χ3v) is 4.10. The molecule has 0 fully saturated rings. The number of anilines is 2. The number of methoxy groups -OCH3 is 1. The number of hydrogen-bond donors (Lipinski definition) is 2. The zero-order chi connectivity index (χ0) is 13.7. The Morgan fingerprint density at radius 3 is 2.58 bits per heavy atom. The van der Waals surface area contributed by atoms with Gasteiger partial charge < -0.3 is 10.1 Å². The van der Waals surface area contributed by atoms with Gasteiger partial charge in [0, 0.05) is 32.6 Å². The smallest absolute Gasteiger partial charge is 0.411 e. The Hall–Kier alpha value is -1.53. The minimum Gasteiger partial charge on any atom is -0.453 e.